The van der Waals surface area contributed by atoms with Crippen LogP contribution in [-0.2, 0) is 16.0 Å². The van der Waals surface area contributed by atoms with Gasteiger partial charge >= 0.3 is 0 Å². The summed E-state index contributed by atoms with van der Waals surface area (Å²) in [5.41, 5.74) is 1.99. The van der Waals surface area contributed by atoms with E-state index in [4.69, 9.17) is 9.47 Å². The highest BCUT2D eigenvalue weighted by molar-refractivity contribution is 5.92. The maximum atomic E-state index is 11.7. The number of hydrogen-bond acceptors (Lipinski definition) is 4. The number of nitrogens with one attached hydrogen (secondary N) is 2. The SMILES string of the molecule is COCCNCC(=O)Nc1ccc2c(c1)CCCO2.Cl. The molecule has 1 amide bonds. The number of methoxy groups -OCH3 is 1. The van der Waals surface area contributed by atoms with Gasteiger partial charge in [-0.2, -0.15) is 0 Å². The number of anilines is 1. The standard InChI is InChI=1S/C14H20N2O3.ClH/c1-18-8-6-15-10-14(17)16-12-4-5-13-11(9-12)3-2-7-19-13;/h4-5,9,15H,2-3,6-8,10H2,1H3,(H,16,17);1H. The monoisotopic (exact) mass is 300 g/mol. The highest BCUT2D eigenvalue weighted by Gasteiger charge is 2.11. The van der Waals surface area contributed by atoms with Crippen LogP contribution in [0.2, 0.25) is 0 Å². The number of benzene rings is 1. The van der Waals surface area contributed by atoms with Crippen molar-refractivity contribution in [1.82, 2.24) is 5.32 Å². The van der Waals surface area contributed by atoms with Crippen LogP contribution in [-0.4, -0.2) is 39.3 Å². The lowest BCUT2D eigenvalue weighted by Gasteiger charge is -2.18. The minimum atomic E-state index is -0.0484. The van der Waals surface area contributed by atoms with Gasteiger partial charge in [-0.15, -0.1) is 12.4 Å². The van der Waals surface area contributed by atoms with Crippen LogP contribution in [0.1, 0.15) is 12.0 Å². The Labute approximate surface area is 125 Å². The Bertz CT molecular complexity index is 440. The quantitative estimate of drug-likeness (QED) is 0.784. The van der Waals surface area contributed by atoms with Gasteiger partial charge in [-0.25, -0.2) is 0 Å². The van der Waals surface area contributed by atoms with Gasteiger partial charge in [0.15, 0.2) is 0 Å². The van der Waals surface area contributed by atoms with Crippen LogP contribution in [0.4, 0.5) is 5.69 Å². The summed E-state index contributed by atoms with van der Waals surface area (Å²) in [5.74, 6) is 0.884. The van der Waals surface area contributed by atoms with Crippen molar-refractivity contribution >= 4 is 24.0 Å². The van der Waals surface area contributed by atoms with E-state index >= 15 is 0 Å². The molecule has 0 atom stereocenters. The highest BCUT2D eigenvalue weighted by Crippen LogP contribution is 2.27. The minimum absolute atomic E-state index is 0. The van der Waals surface area contributed by atoms with E-state index in [-0.39, 0.29) is 24.9 Å². The lowest BCUT2D eigenvalue weighted by Crippen LogP contribution is -2.30. The van der Waals surface area contributed by atoms with Crippen LogP contribution in [0.25, 0.3) is 0 Å². The Hall–Kier alpha value is -1.30. The van der Waals surface area contributed by atoms with E-state index in [1.807, 2.05) is 18.2 Å². The van der Waals surface area contributed by atoms with Gasteiger partial charge in [-0.05, 0) is 36.6 Å². The van der Waals surface area contributed by atoms with Gasteiger partial charge in [0, 0.05) is 19.3 Å². The summed E-state index contributed by atoms with van der Waals surface area (Å²) in [6.07, 6.45) is 2.04. The van der Waals surface area contributed by atoms with Gasteiger partial charge in [0.1, 0.15) is 5.75 Å². The zero-order valence-corrected chi connectivity index (χ0v) is 12.4. The van der Waals surface area contributed by atoms with E-state index in [2.05, 4.69) is 10.6 Å². The van der Waals surface area contributed by atoms with Crippen molar-refractivity contribution in [3.63, 3.8) is 0 Å². The predicted octanol–water partition coefficient (Wildman–Crippen LogP) is 1.61. The summed E-state index contributed by atoms with van der Waals surface area (Å²) in [6, 6.07) is 5.78. The van der Waals surface area contributed by atoms with Gasteiger partial charge in [-0.3, -0.25) is 4.79 Å². The molecule has 0 radical (unpaired) electrons. The topological polar surface area (TPSA) is 59.6 Å². The fourth-order valence-corrected chi connectivity index (χ4v) is 2.02. The molecule has 0 aromatic heterocycles. The van der Waals surface area contributed by atoms with Crippen molar-refractivity contribution in [1.29, 1.82) is 0 Å². The predicted molar refractivity (Wildman–Crippen MR) is 80.9 cm³/mol. The Kier molecular flexibility index (Phi) is 7.36. The number of aryl methyl sites for hydroxylation is 1. The maximum Gasteiger partial charge on any atom is 0.238 e. The van der Waals surface area contributed by atoms with Crippen molar-refractivity contribution in [2.75, 3.05) is 38.7 Å². The number of fused-ring (bicyclic) bond motifs is 1. The number of halogens is 1. The summed E-state index contributed by atoms with van der Waals surface area (Å²) in [6.45, 7) is 2.34. The van der Waals surface area contributed by atoms with Crippen LogP contribution in [0.5, 0.6) is 5.75 Å². The number of amides is 1. The second kappa shape index (κ2) is 8.79. The van der Waals surface area contributed by atoms with Gasteiger partial charge in [0.2, 0.25) is 5.91 Å². The minimum Gasteiger partial charge on any atom is -0.493 e. The molecule has 1 aromatic carbocycles. The fourth-order valence-electron chi connectivity index (χ4n) is 2.02. The molecule has 0 fully saturated rings. The van der Waals surface area contributed by atoms with Gasteiger partial charge in [0.05, 0.1) is 19.8 Å². The molecule has 1 aromatic rings. The molecule has 20 heavy (non-hydrogen) atoms. The first-order valence-electron chi connectivity index (χ1n) is 6.55. The normalized spacial score (nSPS) is 12.8. The molecule has 2 rings (SSSR count). The van der Waals surface area contributed by atoms with Gasteiger partial charge in [0.25, 0.3) is 0 Å². The van der Waals surface area contributed by atoms with Crippen LogP contribution in [0.3, 0.4) is 0 Å². The average molecular weight is 301 g/mol. The molecule has 1 heterocycles. The van der Waals surface area contributed by atoms with Crippen molar-refractivity contribution < 1.29 is 14.3 Å². The number of carbonyl (C=O) groups is 1. The zero-order valence-electron chi connectivity index (χ0n) is 11.6. The summed E-state index contributed by atoms with van der Waals surface area (Å²) >= 11 is 0. The van der Waals surface area contributed by atoms with E-state index in [0.29, 0.717) is 13.2 Å². The van der Waals surface area contributed by atoms with E-state index in [0.717, 1.165) is 36.4 Å². The Morgan fingerprint density at radius 3 is 3.10 bits per heavy atom. The van der Waals surface area contributed by atoms with Crippen molar-refractivity contribution in [2.24, 2.45) is 0 Å². The third-order valence-electron chi connectivity index (χ3n) is 2.96. The molecule has 1 aliphatic heterocycles. The summed E-state index contributed by atoms with van der Waals surface area (Å²) in [4.78, 5) is 11.7. The lowest BCUT2D eigenvalue weighted by molar-refractivity contribution is -0.115. The third-order valence-corrected chi connectivity index (χ3v) is 2.96. The molecule has 2 N–H and O–H groups in total. The van der Waals surface area contributed by atoms with Crippen LogP contribution in [0.15, 0.2) is 18.2 Å². The molecule has 0 unspecified atom stereocenters. The Morgan fingerprint density at radius 2 is 2.30 bits per heavy atom. The second-order valence-corrected chi connectivity index (χ2v) is 4.49. The largest absolute Gasteiger partial charge is 0.493 e. The van der Waals surface area contributed by atoms with Crippen molar-refractivity contribution in [2.45, 2.75) is 12.8 Å². The molecule has 0 spiro atoms. The molecule has 6 heteroatoms. The zero-order chi connectivity index (χ0) is 13.5. The van der Waals surface area contributed by atoms with Gasteiger partial charge < -0.3 is 20.1 Å². The molecule has 0 saturated carbocycles. The van der Waals surface area contributed by atoms with Gasteiger partial charge in [-0.1, -0.05) is 0 Å². The number of hydrogen-bond donors (Lipinski definition) is 2. The van der Waals surface area contributed by atoms with E-state index < -0.39 is 0 Å². The fraction of sp³-hybridized carbons (Fsp3) is 0.500. The third kappa shape index (κ3) is 5.00. The van der Waals surface area contributed by atoms with Crippen LogP contribution < -0.4 is 15.4 Å². The molecule has 112 valence electrons. The number of rotatable bonds is 6. The van der Waals surface area contributed by atoms with Crippen molar-refractivity contribution in [3.8, 4) is 5.75 Å². The molecular weight excluding hydrogens is 280 g/mol. The molecular formula is C14H21ClN2O3. The summed E-state index contributed by atoms with van der Waals surface area (Å²) in [5, 5.41) is 5.88. The first kappa shape index (κ1) is 16.8. The molecule has 0 saturated heterocycles. The molecule has 0 bridgehead atoms. The number of ether oxygens (including phenoxy) is 2. The lowest BCUT2D eigenvalue weighted by atomic mass is 10.1. The molecule has 0 aliphatic carbocycles. The van der Waals surface area contributed by atoms with E-state index in [1.165, 1.54) is 0 Å². The molecule has 1 aliphatic rings. The highest BCUT2D eigenvalue weighted by atomic mass is 35.5. The second-order valence-electron chi connectivity index (χ2n) is 4.49. The first-order chi connectivity index (χ1) is 9.29. The summed E-state index contributed by atoms with van der Waals surface area (Å²) in [7, 11) is 1.64. The Morgan fingerprint density at radius 1 is 1.45 bits per heavy atom. The van der Waals surface area contributed by atoms with Crippen LogP contribution in [0, 0.1) is 0 Å². The van der Waals surface area contributed by atoms with Crippen LogP contribution >= 0.6 is 12.4 Å². The first-order valence-corrected chi connectivity index (χ1v) is 6.55. The van der Waals surface area contributed by atoms with Crippen molar-refractivity contribution in [3.05, 3.63) is 23.8 Å². The smallest absolute Gasteiger partial charge is 0.238 e. The summed E-state index contributed by atoms with van der Waals surface area (Å²) < 4.78 is 10.4. The Balaban J connectivity index is 0.00000200. The van der Waals surface area contributed by atoms with E-state index in [9.17, 15) is 4.79 Å². The molecule has 5 nitrogen and oxygen atoms in total. The maximum absolute atomic E-state index is 11.7. The van der Waals surface area contributed by atoms with E-state index in [1.54, 1.807) is 7.11 Å². The average Bonchev–Trinajstić information content (AvgIpc) is 2.43. The number of carbonyl (C=O) groups excluding carboxylic acids is 1.